The van der Waals surface area contributed by atoms with Gasteiger partial charge in [-0.3, -0.25) is 19.2 Å². The zero-order valence-electron chi connectivity index (χ0n) is 17.7. The van der Waals surface area contributed by atoms with Crippen LogP contribution in [0.3, 0.4) is 0 Å². The Balaban J connectivity index is 5.35. The molecule has 0 saturated heterocycles. The molecule has 4 unspecified atom stereocenters. The van der Waals surface area contributed by atoms with Crippen LogP contribution in [0.4, 0.5) is 0 Å². The van der Waals surface area contributed by atoms with Crippen molar-refractivity contribution in [1.29, 1.82) is 0 Å². The maximum absolute atomic E-state index is 12.8. The molecule has 30 heavy (non-hydrogen) atoms. The fraction of sp³-hybridized carbons (Fsp3) is 0.722. The third kappa shape index (κ3) is 9.65. The number of amides is 4. The Morgan fingerprint density at radius 3 is 1.80 bits per heavy atom. The van der Waals surface area contributed by atoms with E-state index in [1.165, 1.54) is 0 Å². The van der Waals surface area contributed by atoms with Crippen molar-refractivity contribution in [3.63, 3.8) is 0 Å². The van der Waals surface area contributed by atoms with Crippen LogP contribution < -0.4 is 27.4 Å². The molecule has 9 N–H and O–H groups in total. The van der Waals surface area contributed by atoms with E-state index in [0.717, 1.165) is 0 Å². The Labute approximate surface area is 175 Å². The standard InChI is InChI=1S/C18H33N5O7/c1-8(2)5-11(21-15(26)10(19)6-13(20)25)16(27)23-14(9(3)4)17(28)22-12(7-24)18(29)30/h8-12,14,24H,5-7,19H2,1-4H3,(H2,20,25)(H,21,26)(H,22,28)(H,23,27)(H,29,30). The van der Waals surface area contributed by atoms with Gasteiger partial charge in [-0.25, -0.2) is 4.79 Å². The highest BCUT2D eigenvalue weighted by Gasteiger charge is 2.32. The van der Waals surface area contributed by atoms with E-state index in [1.54, 1.807) is 13.8 Å². The van der Waals surface area contributed by atoms with Crippen molar-refractivity contribution in [2.75, 3.05) is 6.61 Å². The van der Waals surface area contributed by atoms with Crippen molar-refractivity contribution < 1.29 is 34.2 Å². The summed E-state index contributed by atoms with van der Waals surface area (Å²) in [6.45, 7) is 6.10. The number of nitrogens with two attached hydrogens (primary N) is 2. The van der Waals surface area contributed by atoms with Gasteiger partial charge >= 0.3 is 5.97 Å². The molecular weight excluding hydrogens is 398 g/mol. The fourth-order valence-electron chi connectivity index (χ4n) is 2.53. The quantitative estimate of drug-likeness (QED) is 0.164. The lowest BCUT2D eigenvalue weighted by Crippen LogP contribution is -2.59. The summed E-state index contributed by atoms with van der Waals surface area (Å²) >= 11 is 0. The van der Waals surface area contributed by atoms with Gasteiger partial charge in [-0.05, 0) is 18.3 Å². The van der Waals surface area contributed by atoms with Gasteiger partial charge in [-0.1, -0.05) is 27.7 Å². The molecule has 4 atom stereocenters. The Morgan fingerprint density at radius 1 is 0.867 bits per heavy atom. The van der Waals surface area contributed by atoms with Crippen LogP contribution in [-0.2, 0) is 24.0 Å². The molecule has 172 valence electrons. The SMILES string of the molecule is CC(C)CC(NC(=O)C(N)CC(N)=O)C(=O)NC(C(=O)NC(CO)C(=O)O)C(C)C. The Hall–Kier alpha value is -2.73. The van der Waals surface area contributed by atoms with Crippen LogP contribution in [0.5, 0.6) is 0 Å². The first-order valence-corrected chi connectivity index (χ1v) is 9.58. The Morgan fingerprint density at radius 2 is 1.40 bits per heavy atom. The third-order valence-corrected chi connectivity index (χ3v) is 4.14. The summed E-state index contributed by atoms with van der Waals surface area (Å²) in [6, 6.07) is -4.90. The summed E-state index contributed by atoms with van der Waals surface area (Å²) in [5.74, 6) is -4.83. The first-order chi connectivity index (χ1) is 13.8. The van der Waals surface area contributed by atoms with Crippen LogP contribution in [-0.4, -0.2) is 70.6 Å². The van der Waals surface area contributed by atoms with E-state index >= 15 is 0 Å². The van der Waals surface area contributed by atoms with Crippen LogP contribution in [0.15, 0.2) is 0 Å². The van der Waals surface area contributed by atoms with Crippen molar-refractivity contribution in [2.24, 2.45) is 23.3 Å². The predicted molar refractivity (Wildman–Crippen MR) is 107 cm³/mol. The monoisotopic (exact) mass is 431 g/mol. The van der Waals surface area contributed by atoms with E-state index in [4.69, 9.17) is 21.7 Å². The highest BCUT2D eigenvalue weighted by molar-refractivity contribution is 5.95. The lowest BCUT2D eigenvalue weighted by atomic mass is 9.99. The molecule has 0 bridgehead atoms. The topological polar surface area (TPSA) is 214 Å². The Bertz CT molecular complexity index is 638. The molecule has 0 fully saturated rings. The van der Waals surface area contributed by atoms with Crippen LogP contribution in [0.2, 0.25) is 0 Å². The molecule has 0 aromatic rings. The van der Waals surface area contributed by atoms with Gasteiger partial charge in [0.2, 0.25) is 23.6 Å². The summed E-state index contributed by atoms with van der Waals surface area (Å²) < 4.78 is 0. The summed E-state index contributed by atoms with van der Waals surface area (Å²) in [5, 5.41) is 25.2. The number of aliphatic hydroxyl groups excluding tert-OH is 1. The molecular formula is C18H33N5O7. The van der Waals surface area contributed by atoms with Crippen molar-refractivity contribution in [3.8, 4) is 0 Å². The highest BCUT2D eigenvalue weighted by Crippen LogP contribution is 2.09. The predicted octanol–water partition coefficient (Wildman–Crippen LogP) is -2.58. The number of aliphatic hydroxyl groups is 1. The molecule has 0 rings (SSSR count). The summed E-state index contributed by atoms with van der Waals surface area (Å²) in [7, 11) is 0. The summed E-state index contributed by atoms with van der Waals surface area (Å²) in [5.41, 5.74) is 10.6. The summed E-state index contributed by atoms with van der Waals surface area (Å²) in [6.07, 6.45) is -0.168. The van der Waals surface area contributed by atoms with Crippen molar-refractivity contribution in [3.05, 3.63) is 0 Å². The van der Waals surface area contributed by atoms with Gasteiger partial charge in [-0.2, -0.15) is 0 Å². The minimum atomic E-state index is -1.52. The zero-order chi connectivity index (χ0) is 23.6. The second-order valence-electron chi connectivity index (χ2n) is 7.78. The number of aliphatic carboxylic acids is 1. The molecule has 0 aromatic carbocycles. The van der Waals surface area contributed by atoms with E-state index in [0.29, 0.717) is 0 Å². The molecule has 0 aliphatic heterocycles. The van der Waals surface area contributed by atoms with Gasteiger partial charge in [0, 0.05) is 0 Å². The summed E-state index contributed by atoms with van der Waals surface area (Å²) in [4.78, 5) is 59.4. The number of hydrogen-bond donors (Lipinski definition) is 7. The number of nitrogens with one attached hydrogen (secondary N) is 3. The molecule has 0 radical (unpaired) electrons. The van der Waals surface area contributed by atoms with E-state index in [2.05, 4.69) is 16.0 Å². The zero-order valence-corrected chi connectivity index (χ0v) is 17.7. The largest absolute Gasteiger partial charge is 0.480 e. The normalized spacial score (nSPS) is 15.1. The minimum Gasteiger partial charge on any atom is -0.480 e. The number of carboxylic acid groups (broad SMARTS) is 1. The average molecular weight is 431 g/mol. The van der Waals surface area contributed by atoms with E-state index in [9.17, 15) is 24.0 Å². The van der Waals surface area contributed by atoms with Crippen LogP contribution in [0.1, 0.15) is 40.5 Å². The van der Waals surface area contributed by atoms with Gasteiger partial charge in [0.15, 0.2) is 0 Å². The second-order valence-corrected chi connectivity index (χ2v) is 7.78. The number of hydrogen-bond acceptors (Lipinski definition) is 7. The van der Waals surface area contributed by atoms with Gasteiger partial charge in [0.25, 0.3) is 0 Å². The maximum Gasteiger partial charge on any atom is 0.328 e. The number of carboxylic acids is 1. The smallest absolute Gasteiger partial charge is 0.328 e. The molecule has 0 aromatic heterocycles. The van der Waals surface area contributed by atoms with Crippen LogP contribution in [0.25, 0.3) is 0 Å². The molecule has 0 aliphatic carbocycles. The van der Waals surface area contributed by atoms with Crippen molar-refractivity contribution >= 4 is 29.6 Å². The van der Waals surface area contributed by atoms with E-state index < -0.39 is 72.7 Å². The lowest BCUT2D eigenvalue weighted by Gasteiger charge is -2.27. The Kier molecular flexibility index (Phi) is 11.6. The average Bonchev–Trinajstić information content (AvgIpc) is 2.61. The molecule has 0 aliphatic rings. The van der Waals surface area contributed by atoms with Crippen LogP contribution in [0, 0.1) is 11.8 Å². The highest BCUT2D eigenvalue weighted by atomic mass is 16.4. The number of carbonyl (C=O) groups excluding carboxylic acids is 4. The molecule has 0 spiro atoms. The second kappa shape index (κ2) is 12.8. The number of primary amides is 1. The van der Waals surface area contributed by atoms with Gasteiger partial charge < -0.3 is 37.6 Å². The first-order valence-electron chi connectivity index (χ1n) is 9.58. The van der Waals surface area contributed by atoms with Crippen molar-refractivity contribution in [1.82, 2.24) is 16.0 Å². The number of rotatable bonds is 13. The van der Waals surface area contributed by atoms with Gasteiger partial charge in [-0.15, -0.1) is 0 Å². The minimum absolute atomic E-state index is 0.00878. The first kappa shape index (κ1) is 27.3. The fourth-order valence-corrected chi connectivity index (χ4v) is 2.53. The number of carbonyl (C=O) groups is 5. The van der Waals surface area contributed by atoms with Crippen LogP contribution >= 0.6 is 0 Å². The van der Waals surface area contributed by atoms with E-state index in [-0.39, 0.29) is 12.3 Å². The molecule has 0 heterocycles. The molecule has 0 saturated carbocycles. The third-order valence-electron chi connectivity index (χ3n) is 4.14. The maximum atomic E-state index is 12.8. The molecule has 12 nitrogen and oxygen atoms in total. The van der Waals surface area contributed by atoms with Gasteiger partial charge in [0.05, 0.1) is 19.1 Å². The van der Waals surface area contributed by atoms with Gasteiger partial charge in [0.1, 0.15) is 18.1 Å². The lowest BCUT2D eigenvalue weighted by molar-refractivity contribution is -0.143. The van der Waals surface area contributed by atoms with Crippen molar-refractivity contribution in [2.45, 2.75) is 64.7 Å². The molecule has 12 heteroatoms. The van der Waals surface area contributed by atoms with E-state index in [1.807, 2.05) is 13.8 Å². The molecule has 4 amide bonds.